The van der Waals surface area contributed by atoms with Crippen LogP contribution in [0.5, 0.6) is 5.75 Å². The number of hydrogen-bond acceptors (Lipinski definition) is 3. The first-order chi connectivity index (χ1) is 12.0. The minimum Gasteiger partial charge on any atom is -0.497 e. The Balaban J connectivity index is 1.79. The Bertz CT molecular complexity index is 792. The maximum atomic E-state index is 12.8. The van der Waals surface area contributed by atoms with Crippen LogP contribution in [0.1, 0.15) is 17.3 Å². The summed E-state index contributed by atoms with van der Waals surface area (Å²) in [5, 5.41) is 0. The zero-order valence-corrected chi connectivity index (χ0v) is 15.7. The number of hydrogen-bond donors (Lipinski definition) is 0. The molecule has 5 nitrogen and oxygen atoms in total. The number of methoxy groups -OCH3 is 1. The van der Waals surface area contributed by atoms with Gasteiger partial charge in [-0.1, -0.05) is 22.0 Å². The van der Waals surface area contributed by atoms with Crippen molar-refractivity contribution in [3.8, 4) is 5.75 Å². The summed E-state index contributed by atoms with van der Waals surface area (Å²) in [5.41, 5.74) is 1.37. The summed E-state index contributed by atoms with van der Waals surface area (Å²) in [7, 11) is 1.56. The van der Waals surface area contributed by atoms with Crippen molar-refractivity contribution in [1.82, 2.24) is 4.90 Å². The van der Waals surface area contributed by atoms with E-state index in [1.54, 1.807) is 48.1 Å². The van der Waals surface area contributed by atoms with Crippen molar-refractivity contribution < 1.29 is 14.3 Å². The standard InChI is InChI=1S/C19H19BrN2O3/c1-13-18(23)22(16-8-6-15(20)7-9-16)11-10-21(13)19(24)14-4-3-5-17(12-14)25-2/h3-9,12-13H,10-11H2,1-2H3/t13-/m0/s1. The minimum atomic E-state index is -0.518. The topological polar surface area (TPSA) is 49.9 Å². The molecule has 2 amide bonds. The molecule has 0 spiro atoms. The number of anilines is 1. The van der Waals surface area contributed by atoms with Crippen molar-refractivity contribution in [3.63, 3.8) is 0 Å². The fraction of sp³-hybridized carbons (Fsp3) is 0.263. The third-order valence-corrected chi connectivity index (χ3v) is 4.90. The fourth-order valence-electron chi connectivity index (χ4n) is 2.95. The molecule has 0 N–H and O–H groups in total. The molecule has 2 aromatic carbocycles. The summed E-state index contributed by atoms with van der Waals surface area (Å²) in [6.07, 6.45) is 0. The molecule has 0 saturated carbocycles. The molecule has 0 aromatic heterocycles. The predicted molar refractivity (Wildman–Crippen MR) is 100.0 cm³/mol. The number of halogens is 1. The van der Waals surface area contributed by atoms with Gasteiger partial charge in [0.25, 0.3) is 5.91 Å². The Morgan fingerprint density at radius 3 is 2.56 bits per heavy atom. The largest absolute Gasteiger partial charge is 0.497 e. The van der Waals surface area contributed by atoms with Crippen LogP contribution in [-0.4, -0.2) is 43.0 Å². The lowest BCUT2D eigenvalue weighted by Gasteiger charge is -2.39. The average Bonchev–Trinajstić information content (AvgIpc) is 2.64. The van der Waals surface area contributed by atoms with Crippen molar-refractivity contribution in [2.75, 3.05) is 25.1 Å². The van der Waals surface area contributed by atoms with Gasteiger partial charge in [0.1, 0.15) is 11.8 Å². The van der Waals surface area contributed by atoms with Crippen LogP contribution < -0.4 is 9.64 Å². The maximum absolute atomic E-state index is 12.8. The van der Waals surface area contributed by atoms with Gasteiger partial charge >= 0.3 is 0 Å². The number of rotatable bonds is 3. The van der Waals surface area contributed by atoms with E-state index in [9.17, 15) is 9.59 Å². The van der Waals surface area contributed by atoms with E-state index in [4.69, 9.17) is 4.74 Å². The third kappa shape index (κ3) is 3.54. The number of benzene rings is 2. The molecule has 0 bridgehead atoms. The minimum absolute atomic E-state index is 0.0789. The first-order valence-corrected chi connectivity index (χ1v) is 8.82. The van der Waals surface area contributed by atoms with E-state index >= 15 is 0 Å². The zero-order chi connectivity index (χ0) is 18.0. The normalized spacial score (nSPS) is 17.6. The zero-order valence-electron chi connectivity index (χ0n) is 14.1. The SMILES string of the molecule is COc1cccc(C(=O)N2CCN(c3ccc(Br)cc3)C(=O)[C@@H]2C)c1. The molecule has 0 unspecified atom stereocenters. The number of ether oxygens (including phenoxy) is 1. The van der Waals surface area contributed by atoms with Gasteiger partial charge in [0.05, 0.1) is 7.11 Å². The van der Waals surface area contributed by atoms with E-state index in [1.165, 1.54) is 0 Å². The lowest BCUT2D eigenvalue weighted by molar-refractivity contribution is -0.124. The first-order valence-electron chi connectivity index (χ1n) is 8.03. The predicted octanol–water partition coefficient (Wildman–Crippen LogP) is 3.34. The maximum Gasteiger partial charge on any atom is 0.254 e. The summed E-state index contributed by atoms with van der Waals surface area (Å²) < 4.78 is 6.14. The number of carbonyl (C=O) groups is 2. The molecule has 0 aliphatic carbocycles. The molecule has 1 aliphatic heterocycles. The summed E-state index contributed by atoms with van der Waals surface area (Å²) in [5.74, 6) is 0.387. The van der Waals surface area contributed by atoms with Crippen LogP contribution in [0.2, 0.25) is 0 Å². The van der Waals surface area contributed by atoms with Crippen LogP contribution in [0.15, 0.2) is 53.0 Å². The van der Waals surface area contributed by atoms with Gasteiger partial charge in [0.2, 0.25) is 5.91 Å². The summed E-state index contributed by atoms with van der Waals surface area (Å²) in [4.78, 5) is 28.9. The Hall–Kier alpha value is -2.34. The van der Waals surface area contributed by atoms with Crippen LogP contribution >= 0.6 is 15.9 Å². The van der Waals surface area contributed by atoms with E-state index in [2.05, 4.69) is 15.9 Å². The monoisotopic (exact) mass is 402 g/mol. The van der Waals surface area contributed by atoms with E-state index in [1.807, 2.05) is 24.3 Å². The molecule has 0 radical (unpaired) electrons. The van der Waals surface area contributed by atoms with Gasteiger partial charge in [-0.05, 0) is 49.4 Å². The second-order valence-corrected chi connectivity index (χ2v) is 6.79. The molecular weight excluding hydrogens is 384 g/mol. The quantitative estimate of drug-likeness (QED) is 0.790. The van der Waals surface area contributed by atoms with Gasteiger partial charge in [-0.25, -0.2) is 0 Å². The van der Waals surface area contributed by atoms with E-state index < -0.39 is 6.04 Å². The first kappa shape index (κ1) is 17.5. The Kier molecular flexibility index (Phi) is 5.08. The number of carbonyl (C=O) groups excluding carboxylic acids is 2. The molecule has 3 rings (SSSR count). The summed E-state index contributed by atoms with van der Waals surface area (Å²) >= 11 is 3.40. The van der Waals surface area contributed by atoms with E-state index in [-0.39, 0.29) is 11.8 Å². The number of piperazine rings is 1. The van der Waals surface area contributed by atoms with Crippen molar-refractivity contribution in [2.45, 2.75) is 13.0 Å². The molecule has 6 heteroatoms. The van der Waals surface area contributed by atoms with Gasteiger partial charge in [-0.2, -0.15) is 0 Å². The summed E-state index contributed by atoms with van der Waals surface area (Å²) in [6.45, 7) is 2.73. The highest BCUT2D eigenvalue weighted by Crippen LogP contribution is 2.24. The van der Waals surface area contributed by atoms with Crippen LogP contribution in [0.4, 0.5) is 5.69 Å². The Morgan fingerprint density at radius 1 is 1.16 bits per heavy atom. The van der Waals surface area contributed by atoms with Crippen molar-refractivity contribution in [2.24, 2.45) is 0 Å². The Labute approximate surface area is 155 Å². The van der Waals surface area contributed by atoms with Crippen LogP contribution in [0, 0.1) is 0 Å². The van der Waals surface area contributed by atoms with E-state index in [0.29, 0.717) is 24.4 Å². The molecule has 1 heterocycles. The lowest BCUT2D eigenvalue weighted by atomic mass is 10.1. The smallest absolute Gasteiger partial charge is 0.254 e. The highest BCUT2D eigenvalue weighted by atomic mass is 79.9. The van der Waals surface area contributed by atoms with E-state index in [0.717, 1.165) is 10.2 Å². The van der Waals surface area contributed by atoms with Crippen molar-refractivity contribution >= 4 is 33.4 Å². The Morgan fingerprint density at radius 2 is 1.88 bits per heavy atom. The second kappa shape index (κ2) is 7.27. The van der Waals surface area contributed by atoms with Gasteiger partial charge < -0.3 is 14.5 Å². The van der Waals surface area contributed by atoms with Crippen LogP contribution in [-0.2, 0) is 4.79 Å². The van der Waals surface area contributed by atoms with Crippen molar-refractivity contribution in [1.29, 1.82) is 0 Å². The molecular formula is C19H19BrN2O3. The lowest BCUT2D eigenvalue weighted by Crippen LogP contribution is -2.57. The van der Waals surface area contributed by atoms with Gasteiger partial charge in [-0.15, -0.1) is 0 Å². The second-order valence-electron chi connectivity index (χ2n) is 5.87. The molecule has 1 saturated heterocycles. The average molecular weight is 403 g/mol. The number of nitrogens with zero attached hydrogens (tertiary/aromatic N) is 2. The third-order valence-electron chi connectivity index (χ3n) is 4.37. The molecule has 130 valence electrons. The van der Waals surface area contributed by atoms with Crippen molar-refractivity contribution in [3.05, 3.63) is 58.6 Å². The van der Waals surface area contributed by atoms with Gasteiger partial charge in [0, 0.05) is 28.8 Å². The number of amides is 2. The van der Waals surface area contributed by atoms with Gasteiger partial charge in [0.15, 0.2) is 0 Å². The molecule has 25 heavy (non-hydrogen) atoms. The molecule has 2 aromatic rings. The van der Waals surface area contributed by atoms with Gasteiger partial charge in [-0.3, -0.25) is 9.59 Å². The summed E-state index contributed by atoms with van der Waals surface area (Å²) in [6, 6.07) is 14.1. The molecule has 1 fully saturated rings. The highest BCUT2D eigenvalue weighted by molar-refractivity contribution is 9.10. The molecule has 1 aliphatic rings. The van der Waals surface area contributed by atoms with Crippen LogP contribution in [0.3, 0.4) is 0 Å². The molecule has 1 atom stereocenters. The fourth-order valence-corrected chi connectivity index (χ4v) is 3.21. The van der Waals surface area contributed by atoms with Crippen LogP contribution in [0.25, 0.3) is 0 Å². The highest BCUT2D eigenvalue weighted by Gasteiger charge is 2.35.